The van der Waals surface area contributed by atoms with Crippen LogP contribution in [0.25, 0.3) is 5.65 Å². The van der Waals surface area contributed by atoms with Crippen molar-refractivity contribution in [3.63, 3.8) is 0 Å². The number of fused-ring (bicyclic) bond motifs is 1. The molecule has 0 aliphatic carbocycles. The Labute approximate surface area is 149 Å². The van der Waals surface area contributed by atoms with Gasteiger partial charge in [-0.25, -0.2) is 4.98 Å². The average molecular weight is 358 g/mol. The summed E-state index contributed by atoms with van der Waals surface area (Å²) in [6.45, 7) is 1.66. The molecule has 1 N–H and O–H groups in total. The number of benzene rings is 1. The maximum atomic E-state index is 13.0. The highest BCUT2D eigenvalue weighted by Gasteiger charge is 2.25. The molecule has 2 heterocycles. The molecule has 7 heteroatoms. The van der Waals surface area contributed by atoms with E-state index in [9.17, 15) is 14.7 Å². The second-order valence-electron chi connectivity index (χ2n) is 5.66. The Morgan fingerprint density at radius 1 is 1.20 bits per heavy atom. The van der Waals surface area contributed by atoms with E-state index in [0.717, 1.165) is 11.1 Å². The molecule has 0 atom stereocenters. The second kappa shape index (κ2) is 6.94. The van der Waals surface area contributed by atoms with Crippen LogP contribution in [0.15, 0.2) is 48.7 Å². The number of carboxylic acid groups (broad SMARTS) is 1. The molecule has 0 saturated carbocycles. The number of halogens is 1. The first kappa shape index (κ1) is 17.0. The van der Waals surface area contributed by atoms with Crippen molar-refractivity contribution in [3.8, 4) is 0 Å². The number of aryl methyl sites for hydroxylation is 1. The van der Waals surface area contributed by atoms with Crippen molar-refractivity contribution in [3.05, 3.63) is 70.6 Å². The number of nitrogens with zero attached hydrogens (tertiary/aromatic N) is 3. The Morgan fingerprint density at radius 2 is 1.92 bits per heavy atom. The minimum atomic E-state index is -1.09. The Bertz CT molecular complexity index is 952. The van der Waals surface area contributed by atoms with Crippen molar-refractivity contribution < 1.29 is 14.7 Å². The minimum Gasteiger partial charge on any atom is -0.480 e. The molecule has 0 radical (unpaired) electrons. The summed E-state index contributed by atoms with van der Waals surface area (Å²) in [5.41, 5.74) is 2.55. The summed E-state index contributed by atoms with van der Waals surface area (Å²) in [7, 11) is 0. The van der Waals surface area contributed by atoms with E-state index in [0.29, 0.717) is 5.65 Å². The molecule has 2 aromatic heterocycles. The number of aliphatic carboxylic acids is 1. The molecule has 6 nitrogen and oxygen atoms in total. The van der Waals surface area contributed by atoms with E-state index in [1.54, 1.807) is 28.8 Å². The van der Waals surface area contributed by atoms with Crippen LogP contribution in [0, 0.1) is 6.92 Å². The van der Waals surface area contributed by atoms with Gasteiger partial charge < -0.3 is 10.0 Å². The summed E-state index contributed by atoms with van der Waals surface area (Å²) in [6.07, 6.45) is 1.67. The van der Waals surface area contributed by atoms with Crippen LogP contribution in [0.5, 0.6) is 0 Å². The number of hydrogen-bond acceptors (Lipinski definition) is 3. The van der Waals surface area contributed by atoms with E-state index in [1.807, 2.05) is 31.2 Å². The Morgan fingerprint density at radius 3 is 2.64 bits per heavy atom. The second-order valence-corrected chi connectivity index (χ2v) is 6.02. The highest BCUT2D eigenvalue weighted by Crippen LogP contribution is 2.21. The first-order chi connectivity index (χ1) is 12.0. The molecule has 0 saturated heterocycles. The van der Waals surface area contributed by atoms with Crippen molar-refractivity contribution in [2.75, 3.05) is 6.54 Å². The van der Waals surface area contributed by atoms with Crippen molar-refractivity contribution in [1.29, 1.82) is 0 Å². The van der Waals surface area contributed by atoms with Crippen LogP contribution < -0.4 is 0 Å². The standard InChI is InChI=1S/C18H16ClN3O3/c1-12-6-2-3-7-13(12)10-21(11-15(23)24)18(25)16-17(19)20-14-8-4-5-9-22(14)16/h2-9H,10-11H2,1H3,(H,23,24). The minimum absolute atomic E-state index is 0.0522. The van der Waals surface area contributed by atoms with Gasteiger partial charge in [0.25, 0.3) is 5.91 Å². The van der Waals surface area contributed by atoms with Gasteiger partial charge >= 0.3 is 5.97 Å². The predicted octanol–water partition coefficient (Wildman–Crippen LogP) is 3.02. The smallest absolute Gasteiger partial charge is 0.323 e. The average Bonchev–Trinajstić information content (AvgIpc) is 2.91. The number of carbonyl (C=O) groups is 2. The summed E-state index contributed by atoms with van der Waals surface area (Å²) in [5.74, 6) is -1.57. The lowest BCUT2D eigenvalue weighted by atomic mass is 10.1. The summed E-state index contributed by atoms with van der Waals surface area (Å²) in [5, 5.41) is 9.26. The third kappa shape index (κ3) is 3.49. The predicted molar refractivity (Wildman–Crippen MR) is 93.8 cm³/mol. The molecule has 0 fully saturated rings. The number of aromatic nitrogens is 2. The molecule has 0 bridgehead atoms. The summed E-state index contributed by atoms with van der Waals surface area (Å²) in [6, 6.07) is 12.8. The Hall–Kier alpha value is -2.86. The Kier molecular flexibility index (Phi) is 4.72. The lowest BCUT2D eigenvalue weighted by Crippen LogP contribution is -2.36. The van der Waals surface area contributed by atoms with E-state index < -0.39 is 18.4 Å². The summed E-state index contributed by atoms with van der Waals surface area (Å²) < 4.78 is 1.57. The van der Waals surface area contributed by atoms with Gasteiger partial charge in [-0.05, 0) is 30.2 Å². The van der Waals surface area contributed by atoms with E-state index in [2.05, 4.69) is 4.98 Å². The topological polar surface area (TPSA) is 74.9 Å². The van der Waals surface area contributed by atoms with Gasteiger partial charge in [-0.3, -0.25) is 14.0 Å². The largest absolute Gasteiger partial charge is 0.480 e. The van der Waals surface area contributed by atoms with E-state index in [4.69, 9.17) is 11.6 Å². The van der Waals surface area contributed by atoms with Gasteiger partial charge in [0, 0.05) is 12.7 Å². The lowest BCUT2D eigenvalue weighted by molar-refractivity contribution is -0.137. The van der Waals surface area contributed by atoms with Crippen LogP contribution in [0.3, 0.4) is 0 Å². The van der Waals surface area contributed by atoms with E-state index >= 15 is 0 Å². The molecular formula is C18H16ClN3O3. The molecule has 1 amide bonds. The molecular weight excluding hydrogens is 342 g/mol. The highest BCUT2D eigenvalue weighted by atomic mass is 35.5. The third-order valence-electron chi connectivity index (χ3n) is 3.93. The molecule has 0 aliphatic rings. The normalized spacial score (nSPS) is 10.8. The third-order valence-corrected chi connectivity index (χ3v) is 4.19. The van der Waals surface area contributed by atoms with Crippen LogP contribution in [0.4, 0.5) is 0 Å². The van der Waals surface area contributed by atoms with Gasteiger partial charge in [0.1, 0.15) is 12.2 Å². The molecule has 0 unspecified atom stereocenters. The number of imidazole rings is 1. The molecule has 25 heavy (non-hydrogen) atoms. The van der Waals surface area contributed by atoms with Gasteiger partial charge in [0.2, 0.25) is 0 Å². The number of amides is 1. The zero-order valence-corrected chi connectivity index (χ0v) is 14.3. The molecule has 3 aromatic rings. The molecule has 3 rings (SSSR count). The van der Waals surface area contributed by atoms with Gasteiger partial charge in [-0.2, -0.15) is 0 Å². The number of carboxylic acids is 1. The van der Waals surface area contributed by atoms with Gasteiger partial charge in [-0.15, -0.1) is 0 Å². The van der Waals surface area contributed by atoms with Crippen LogP contribution >= 0.6 is 11.6 Å². The van der Waals surface area contributed by atoms with Crippen molar-refractivity contribution >= 4 is 29.1 Å². The summed E-state index contributed by atoms with van der Waals surface area (Å²) >= 11 is 6.15. The maximum Gasteiger partial charge on any atom is 0.323 e. The van der Waals surface area contributed by atoms with Crippen LogP contribution in [0.1, 0.15) is 21.6 Å². The first-order valence-corrected chi connectivity index (χ1v) is 8.03. The quantitative estimate of drug-likeness (QED) is 0.761. The fourth-order valence-corrected chi connectivity index (χ4v) is 2.92. The molecule has 0 spiro atoms. The van der Waals surface area contributed by atoms with E-state index in [-0.39, 0.29) is 17.4 Å². The van der Waals surface area contributed by atoms with Crippen molar-refractivity contribution in [1.82, 2.24) is 14.3 Å². The number of carbonyl (C=O) groups excluding carboxylic acids is 1. The summed E-state index contributed by atoms with van der Waals surface area (Å²) in [4.78, 5) is 29.7. The number of pyridine rings is 1. The highest BCUT2D eigenvalue weighted by molar-refractivity contribution is 6.32. The van der Waals surface area contributed by atoms with Gasteiger partial charge in [0.05, 0.1) is 0 Å². The Balaban J connectivity index is 2.00. The lowest BCUT2D eigenvalue weighted by Gasteiger charge is -2.21. The van der Waals surface area contributed by atoms with Gasteiger partial charge in [-0.1, -0.05) is 41.9 Å². The van der Waals surface area contributed by atoms with Crippen molar-refractivity contribution in [2.24, 2.45) is 0 Å². The van der Waals surface area contributed by atoms with Gasteiger partial charge in [0.15, 0.2) is 10.8 Å². The van der Waals surface area contributed by atoms with E-state index in [1.165, 1.54) is 4.90 Å². The fraction of sp³-hybridized carbons (Fsp3) is 0.167. The molecule has 128 valence electrons. The fourth-order valence-electron chi connectivity index (χ4n) is 2.66. The molecule has 1 aromatic carbocycles. The number of rotatable bonds is 5. The van der Waals surface area contributed by atoms with Crippen LogP contribution in [-0.2, 0) is 11.3 Å². The number of hydrogen-bond donors (Lipinski definition) is 1. The van der Waals surface area contributed by atoms with Crippen LogP contribution in [0.2, 0.25) is 5.15 Å². The first-order valence-electron chi connectivity index (χ1n) is 7.65. The maximum absolute atomic E-state index is 13.0. The van der Waals surface area contributed by atoms with Crippen molar-refractivity contribution in [2.45, 2.75) is 13.5 Å². The molecule has 0 aliphatic heterocycles. The monoisotopic (exact) mass is 357 g/mol. The van der Waals surface area contributed by atoms with Crippen LogP contribution in [-0.4, -0.2) is 37.8 Å². The zero-order chi connectivity index (χ0) is 18.0. The zero-order valence-electron chi connectivity index (χ0n) is 13.5. The SMILES string of the molecule is Cc1ccccc1CN(CC(=O)O)C(=O)c1c(Cl)nc2ccccn12.